The summed E-state index contributed by atoms with van der Waals surface area (Å²) in [6.07, 6.45) is 1.51. The van der Waals surface area contributed by atoms with Gasteiger partial charge >= 0.3 is 0 Å². The van der Waals surface area contributed by atoms with Crippen LogP contribution in [0.1, 0.15) is 19.6 Å². The molecule has 0 spiro atoms. The lowest BCUT2D eigenvalue weighted by Gasteiger charge is -2.22. The van der Waals surface area contributed by atoms with Crippen molar-refractivity contribution in [2.45, 2.75) is 25.6 Å². The molecule has 1 atom stereocenters. The summed E-state index contributed by atoms with van der Waals surface area (Å²) in [5.74, 6) is 0.593. The molecule has 0 radical (unpaired) electrons. The van der Waals surface area contributed by atoms with Gasteiger partial charge in [0.05, 0.1) is 24.7 Å². The zero-order valence-corrected chi connectivity index (χ0v) is 10.3. The first kappa shape index (κ1) is 13.2. The summed E-state index contributed by atoms with van der Waals surface area (Å²) in [5.41, 5.74) is 0. The van der Waals surface area contributed by atoms with Gasteiger partial charge in [0, 0.05) is 6.54 Å². The average Bonchev–Trinajstić information content (AvgIpc) is 2.76. The first-order valence-electron chi connectivity index (χ1n) is 5.14. The maximum Gasteiger partial charge on any atom is 0.219 e. The summed E-state index contributed by atoms with van der Waals surface area (Å²) in [6.45, 7) is 3.42. The molecular weight excluding hydrogens is 230 g/mol. The molecule has 0 aromatic carbocycles. The molecule has 1 heterocycles. The van der Waals surface area contributed by atoms with Crippen LogP contribution >= 0.6 is 0 Å². The minimum atomic E-state index is -3.45. The van der Waals surface area contributed by atoms with Crippen LogP contribution in [0.4, 0.5) is 0 Å². The predicted molar refractivity (Wildman–Crippen MR) is 60.3 cm³/mol. The third-order valence-electron chi connectivity index (χ3n) is 2.39. The van der Waals surface area contributed by atoms with E-state index >= 15 is 0 Å². The summed E-state index contributed by atoms with van der Waals surface area (Å²) in [6, 6.07) is 3.44. The highest BCUT2D eigenvalue weighted by Crippen LogP contribution is 2.13. The van der Waals surface area contributed by atoms with E-state index in [1.54, 1.807) is 19.1 Å². The van der Waals surface area contributed by atoms with Gasteiger partial charge in [0.1, 0.15) is 5.76 Å². The Morgan fingerprint density at radius 3 is 2.69 bits per heavy atom. The van der Waals surface area contributed by atoms with Crippen molar-refractivity contribution in [1.82, 2.24) is 4.31 Å². The first-order valence-corrected chi connectivity index (χ1v) is 6.64. The molecule has 1 rings (SSSR count). The zero-order valence-electron chi connectivity index (χ0n) is 9.46. The van der Waals surface area contributed by atoms with E-state index in [0.29, 0.717) is 12.3 Å². The number of nitrogens with zero attached hydrogens (tertiary/aromatic N) is 1. The van der Waals surface area contributed by atoms with Gasteiger partial charge in [0.25, 0.3) is 0 Å². The largest absolute Gasteiger partial charge is 0.468 e. The lowest BCUT2D eigenvalue weighted by Crippen LogP contribution is -2.38. The quantitative estimate of drug-likeness (QED) is 0.807. The average molecular weight is 247 g/mol. The van der Waals surface area contributed by atoms with E-state index in [2.05, 4.69) is 0 Å². The Morgan fingerprint density at radius 2 is 2.25 bits per heavy atom. The van der Waals surface area contributed by atoms with Crippen LogP contribution < -0.4 is 0 Å². The standard InChI is InChI=1S/C10H17NO4S/c1-3-11(7-10-5-4-6-15-10)16(13,14)9(2)8-12/h4-6,9,12H,3,7-8H2,1-2H3. The van der Waals surface area contributed by atoms with Crippen LogP contribution in [-0.2, 0) is 16.6 Å². The van der Waals surface area contributed by atoms with Crippen molar-refractivity contribution in [3.05, 3.63) is 24.2 Å². The Morgan fingerprint density at radius 1 is 1.56 bits per heavy atom. The molecule has 0 saturated carbocycles. The van der Waals surface area contributed by atoms with E-state index in [4.69, 9.17) is 9.52 Å². The van der Waals surface area contributed by atoms with Crippen LogP contribution in [0.15, 0.2) is 22.8 Å². The van der Waals surface area contributed by atoms with E-state index < -0.39 is 15.3 Å². The van der Waals surface area contributed by atoms with E-state index in [9.17, 15) is 8.42 Å². The summed E-state index contributed by atoms with van der Waals surface area (Å²) in [4.78, 5) is 0. The second-order valence-corrected chi connectivity index (χ2v) is 5.89. The molecule has 1 unspecified atom stereocenters. The van der Waals surface area contributed by atoms with Crippen LogP contribution in [-0.4, -0.2) is 36.2 Å². The fraction of sp³-hybridized carbons (Fsp3) is 0.600. The summed E-state index contributed by atoms with van der Waals surface area (Å²) >= 11 is 0. The Kier molecular flexibility index (Phi) is 4.52. The van der Waals surface area contributed by atoms with Gasteiger partial charge in [-0.3, -0.25) is 0 Å². The zero-order chi connectivity index (χ0) is 12.2. The van der Waals surface area contributed by atoms with Crippen LogP contribution in [0.5, 0.6) is 0 Å². The number of sulfonamides is 1. The number of hydrogen-bond donors (Lipinski definition) is 1. The van der Waals surface area contributed by atoms with Crippen LogP contribution in [0.2, 0.25) is 0 Å². The fourth-order valence-electron chi connectivity index (χ4n) is 1.31. The van der Waals surface area contributed by atoms with Crippen LogP contribution in [0, 0.1) is 0 Å². The van der Waals surface area contributed by atoms with Crippen molar-refractivity contribution >= 4 is 10.0 Å². The molecule has 1 N–H and O–H groups in total. The summed E-state index contributed by atoms with van der Waals surface area (Å²) in [5, 5.41) is 8.12. The van der Waals surface area contributed by atoms with E-state index in [1.807, 2.05) is 0 Å². The number of furan rings is 1. The molecule has 0 saturated heterocycles. The molecule has 5 nitrogen and oxygen atoms in total. The van der Waals surface area contributed by atoms with Gasteiger partial charge in [0.2, 0.25) is 10.0 Å². The second kappa shape index (κ2) is 5.47. The van der Waals surface area contributed by atoms with Gasteiger partial charge < -0.3 is 9.52 Å². The highest BCUT2D eigenvalue weighted by molar-refractivity contribution is 7.89. The first-order chi connectivity index (χ1) is 7.52. The third kappa shape index (κ3) is 2.84. The molecule has 92 valence electrons. The van der Waals surface area contributed by atoms with Crippen LogP contribution in [0.25, 0.3) is 0 Å². The molecule has 16 heavy (non-hydrogen) atoms. The van der Waals surface area contributed by atoms with Gasteiger partial charge in [-0.05, 0) is 19.1 Å². The topological polar surface area (TPSA) is 70.8 Å². The summed E-state index contributed by atoms with van der Waals surface area (Å²) in [7, 11) is -3.45. The van der Waals surface area contributed by atoms with Gasteiger partial charge in [0.15, 0.2) is 0 Å². The SMILES string of the molecule is CCN(Cc1ccco1)S(=O)(=O)C(C)CO. The number of aliphatic hydroxyl groups excluding tert-OH is 1. The second-order valence-electron chi connectivity index (χ2n) is 3.54. The van der Waals surface area contributed by atoms with Crippen molar-refractivity contribution in [3.8, 4) is 0 Å². The molecule has 0 aliphatic rings. The summed E-state index contributed by atoms with van der Waals surface area (Å²) < 4.78 is 30.3. The molecule has 0 amide bonds. The Bertz CT molecular complexity index is 398. The lowest BCUT2D eigenvalue weighted by atomic mass is 10.4. The van der Waals surface area contributed by atoms with Crippen molar-refractivity contribution in [3.63, 3.8) is 0 Å². The Balaban J connectivity index is 2.82. The Labute approximate surface area is 95.7 Å². The molecule has 0 aliphatic carbocycles. The minimum Gasteiger partial charge on any atom is -0.468 e. The number of rotatable bonds is 6. The molecule has 0 bridgehead atoms. The number of hydrogen-bond acceptors (Lipinski definition) is 4. The predicted octanol–water partition coefficient (Wildman–Crippen LogP) is 0.812. The Hall–Kier alpha value is -0.850. The van der Waals surface area contributed by atoms with Crippen molar-refractivity contribution in [2.75, 3.05) is 13.2 Å². The molecule has 1 aromatic heterocycles. The van der Waals surface area contributed by atoms with Crippen molar-refractivity contribution in [1.29, 1.82) is 0 Å². The molecule has 0 aliphatic heterocycles. The van der Waals surface area contributed by atoms with Gasteiger partial charge in [-0.25, -0.2) is 8.42 Å². The molecular formula is C10H17NO4S. The third-order valence-corrected chi connectivity index (χ3v) is 4.66. The monoisotopic (exact) mass is 247 g/mol. The molecule has 1 aromatic rings. The fourth-order valence-corrected chi connectivity index (χ4v) is 2.67. The smallest absolute Gasteiger partial charge is 0.219 e. The van der Waals surface area contributed by atoms with Gasteiger partial charge in [-0.1, -0.05) is 6.92 Å². The van der Waals surface area contributed by atoms with Crippen molar-refractivity contribution in [2.24, 2.45) is 0 Å². The van der Waals surface area contributed by atoms with Gasteiger partial charge in [-0.2, -0.15) is 4.31 Å². The highest BCUT2D eigenvalue weighted by atomic mass is 32.2. The van der Waals surface area contributed by atoms with Gasteiger partial charge in [-0.15, -0.1) is 0 Å². The van der Waals surface area contributed by atoms with E-state index in [-0.39, 0.29) is 13.2 Å². The lowest BCUT2D eigenvalue weighted by molar-refractivity contribution is 0.286. The number of aliphatic hydroxyl groups is 1. The van der Waals surface area contributed by atoms with Crippen molar-refractivity contribution < 1.29 is 17.9 Å². The maximum absolute atomic E-state index is 11.9. The normalized spacial score (nSPS) is 14.2. The van der Waals surface area contributed by atoms with E-state index in [0.717, 1.165) is 0 Å². The molecule has 6 heteroatoms. The molecule has 0 fully saturated rings. The van der Waals surface area contributed by atoms with Crippen LogP contribution in [0.3, 0.4) is 0 Å². The van der Waals surface area contributed by atoms with E-state index in [1.165, 1.54) is 17.5 Å². The maximum atomic E-state index is 11.9. The minimum absolute atomic E-state index is 0.205. The highest BCUT2D eigenvalue weighted by Gasteiger charge is 2.27.